The first kappa shape index (κ1) is 20.3. The summed E-state index contributed by atoms with van der Waals surface area (Å²) in [5, 5.41) is 11.8. The van der Waals surface area contributed by atoms with E-state index >= 15 is 0 Å². The van der Waals surface area contributed by atoms with Gasteiger partial charge in [0, 0.05) is 16.7 Å². The maximum atomic E-state index is 12.1. The molecule has 0 aliphatic rings. The summed E-state index contributed by atoms with van der Waals surface area (Å²) in [7, 11) is 3.11. The molecule has 2 aromatic carbocycles. The summed E-state index contributed by atoms with van der Waals surface area (Å²) in [5.41, 5.74) is 1.12. The van der Waals surface area contributed by atoms with Crippen LogP contribution in [0.25, 0.3) is 11.5 Å². The Morgan fingerprint density at radius 2 is 1.82 bits per heavy atom. The third-order valence-electron chi connectivity index (χ3n) is 3.54. The average Bonchev–Trinajstić information content (AvgIpc) is 3.17. The van der Waals surface area contributed by atoms with E-state index in [-0.39, 0.29) is 16.9 Å². The number of thioether (sulfide) groups is 1. The Kier molecular flexibility index (Phi) is 6.66. The van der Waals surface area contributed by atoms with Gasteiger partial charge in [-0.1, -0.05) is 35.0 Å². The highest BCUT2D eigenvalue weighted by Crippen LogP contribution is 2.31. The van der Waals surface area contributed by atoms with Gasteiger partial charge in [-0.2, -0.15) is 0 Å². The van der Waals surface area contributed by atoms with Crippen LogP contribution in [0.5, 0.6) is 11.5 Å². The lowest BCUT2D eigenvalue weighted by molar-refractivity contribution is -0.113. The van der Waals surface area contributed by atoms with Crippen LogP contribution in [0.4, 0.5) is 5.69 Å². The second kappa shape index (κ2) is 9.18. The molecule has 0 saturated heterocycles. The Hall–Kier alpha value is -2.42. The van der Waals surface area contributed by atoms with Crippen molar-refractivity contribution in [1.29, 1.82) is 0 Å². The van der Waals surface area contributed by atoms with Crippen molar-refractivity contribution in [2.24, 2.45) is 0 Å². The number of nitrogens with one attached hydrogen (secondary N) is 1. The van der Waals surface area contributed by atoms with Gasteiger partial charge in [-0.05, 0) is 30.3 Å². The van der Waals surface area contributed by atoms with E-state index in [0.29, 0.717) is 38.7 Å². The lowest BCUT2D eigenvalue weighted by atomic mass is 10.2. The number of halogens is 2. The smallest absolute Gasteiger partial charge is 0.277 e. The van der Waals surface area contributed by atoms with E-state index < -0.39 is 0 Å². The van der Waals surface area contributed by atoms with Gasteiger partial charge in [-0.3, -0.25) is 4.79 Å². The molecule has 1 N–H and O–H groups in total. The summed E-state index contributed by atoms with van der Waals surface area (Å²) in [4.78, 5) is 12.1. The first-order chi connectivity index (χ1) is 13.5. The molecular weight excluding hydrogens is 425 g/mol. The quantitative estimate of drug-likeness (QED) is 0.529. The monoisotopic (exact) mass is 439 g/mol. The SMILES string of the molecule is COc1cc(OC)cc(-c2nnc(SCC(=O)Nc3ccc(Cl)cc3Cl)o2)c1. The molecule has 146 valence electrons. The van der Waals surface area contributed by atoms with Crippen LogP contribution in [-0.4, -0.2) is 36.1 Å². The van der Waals surface area contributed by atoms with Crippen molar-refractivity contribution in [1.82, 2.24) is 10.2 Å². The van der Waals surface area contributed by atoms with Crippen LogP contribution >= 0.6 is 35.0 Å². The molecule has 0 radical (unpaired) electrons. The van der Waals surface area contributed by atoms with Gasteiger partial charge in [0.2, 0.25) is 11.8 Å². The Morgan fingerprint density at radius 1 is 1.11 bits per heavy atom. The maximum absolute atomic E-state index is 12.1. The molecule has 1 aromatic heterocycles. The van der Waals surface area contributed by atoms with Crippen LogP contribution in [-0.2, 0) is 4.79 Å². The minimum absolute atomic E-state index is 0.0714. The van der Waals surface area contributed by atoms with Gasteiger partial charge in [-0.15, -0.1) is 10.2 Å². The number of ether oxygens (including phenoxy) is 2. The normalized spacial score (nSPS) is 10.6. The van der Waals surface area contributed by atoms with Gasteiger partial charge in [0.15, 0.2) is 0 Å². The first-order valence-corrected chi connectivity index (χ1v) is 9.67. The molecule has 0 bridgehead atoms. The van der Waals surface area contributed by atoms with E-state index in [2.05, 4.69) is 15.5 Å². The average molecular weight is 440 g/mol. The number of hydrogen-bond acceptors (Lipinski definition) is 7. The van der Waals surface area contributed by atoms with E-state index in [0.717, 1.165) is 11.8 Å². The predicted octanol–water partition coefficient (Wildman–Crippen LogP) is 4.79. The molecule has 0 fully saturated rings. The van der Waals surface area contributed by atoms with Gasteiger partial charge in [-0.25, -0.2) is 0 Å². The number of aromatic nitrogens is 2. The predicted molar refractivity (Wildman–Crippen MR) is 109 cm³/mol. The highest BCUT2D eigenvalue weighted by atomic mass is 35.5. The largest absolute Gasteiger partial charge is 0.497 e. The molecular formula is C18H15Cl2N3O4S. The van der Waals surface area contributed by atoms with Crippen molar-refractivity contribution in [3.05, 3.63) is 46.4 Å². The molecule has 0 aliphatic heterocycles. The molecule has 0 aliphatic carbocycles. The number of nitrogens with zero attached hydrogens (tertiary/aromatic N) is 2. The molecule has 28 heavy (non-hydrogen) atoms. The van der Waals surface area contributed by atoms with Crippen molar-refractivity contribution in [2.75, 3.05) is 25.3 Å². The summed E-state index contributed by atoms with van der Waals surface area (Å²) in [6.07, 6.45) is 0. The van der Waals surface area contributed by atoms with Gasteiger partial charge in [0.05, 0.1) is 30.7 Å². The minimum Gasteiger partial charge on any atom is -0.497 e. The Balaban J connectivity index is 1.64. The van der Waals surface area contributed by atoms with Gasteiger partial charge in [0.25, 0.3) is 5.22 Å². The molecule has 3 aromatic rings. The van der Waals surface area contributed by atoms with E-state index in [9.17, 15) is 4.79 Å². The number of methoxy groups -OCH3 is 2. The van der Waals surface area contributed by atoms with Crippen LogP contribution in [0.15, 0.2) is 46.0 Å². The topological polar surface area (TPSA) is 86.5 Å². The molecule has 10 heteroatoms. The van der Waals surface area contributed by atoms with E-state index in [1.807, 2.05) is 0 Å². The number of rotatable bonds is 7. The van der Waals surface area contributed by atoms with Crippen molar-refractivity contribution in [2.45, 2.75) is 5.22 Å². The number of amides is 1. The summed E-state index contributed by atoms with van der Waals surface area (Å²) < 4.78 is 16.1. The number of carbonyl (C=O) groups excluding carboxylic acids is 1. The van der Waals surface area contributed by atoms with E-state index in [4.69, 9.17) is 37.1 Å². The molecule has 1 heterocycles. The van der Waals surface area contributed by atoms with Gasteiger partial charge >= 0.3 is 0 Å². The molecule has 3 rings (SSSR count). The van der Waals surface area contributed by atoms with Crippen molar-refractivity contribution in [3.63, 3.8) is 0 Å². The van der Waals surface area contributed by atoms with Crippen molar-refractivity contribution < 1.29 is 18.7 Å². The zero-order valence-corrected chi connectivity index (χ0v) is 17.2. The standard InChI is InChI=1S/C18H15Cl2N3O4S/c1-25-12-5-10(6-13(8-12)26-2)17-22-23-18(27-17)28-9-16(24)21-15-4-3-11(19)7-14(15)20/h3-8H,9H2,1-2H3,(H,21,24). The lowest BCUT2D eigenvalue weighted by Gasteiger charge is -2.06. The minimum atomic E-state index is -0.267. The Labute approximate surface area is 175 Å². The highest BCUT2D eigenvalue weighted by molar-refractivity contribution is 7.99. The Bertz CT molecular complexity index is 974. The third-order valence-corrected chi connectivity index (χ3v) is 4.90. The number of benzene rings is 2. The summed E-state index contributed by atoms with van der Waals surface area (Å²) in [6.45, 7) is 0. The number of carbonyl (C=O) groups is 1. The summed E-state index contributed by atoms with van der Waals surface area (Å²) >= 11 is 13.0. The number of anilines is 1. The third kappa shape index (κ3) is 5.09. The molecule has 0 spiro atoms. The molecule has 7 nitrogen and oxygen atoms in total. The maximum Gasteiger partial charge on any atom is 0.277 e. The van der Waals surface area contributed by atoms with Crippen LogP contribution in [0.3, 0.4) is 0 Å². The summed E-state index contributed by atoms with van der Waals surface area (Å²) in [5.74, 6) is 1.29. The number of hydrogen-bond donors (Lipinski definition) is 1. The van der Waals surface area contributed by atoms with Crippen LogP contribution < -0.4 is 14.8 Å². The molecule has 0 saturated carbocycles. The first-order valence-electron chi connectivity index (χ1n) is 7.93. The zero-order chi connectivity index (χ0) is 20.1. The fourth-order valence-electron chi connectivity index (χ4n) is 2.22. The van der Waals surface area contributed by atoms with Crippen LogP contribution in [0, 0.1) is 0 Å². The second-order valence-electron chi connectivity index (χ2n) is 5.44. The Morgan fingerprint density at radius 3 is 2.46 bits per heavy atom. The summed E-state index contributed by atoms with van der Waals surface area (Å²) in [6, 6.07) is 10.1. The molecule has 1 amide bonds. The van der Waals surface area contributed by atoms with E-state index in [1.165, 1.54) is 0 Å². The second-order valence-corrected chi connectivity index (χ2v) is 7.21. The van der Waals surface area contributed by atoms with Crippen LogP contribution in [0.2, 0.25) is 10.0 Å². The highest BCUT2D eigenvalue weighted by Gasteiger charge is 2.14. The van der Waals surface area contributed by atoms with Crippen molar-refractivity contribution in [3.8, 4) is 23.0 Å². The molecule has 0 atom stereocenters. The lowest BCUT2D eigenvalue weighted by Crippen LogP contribution is -2.14. The van der Waals surface area contributed by atoms with Gasteiger partial charge in [0.1, 0.15) is 11.5 Å². The zero-order valence-electron chi connectivity index (χ0n) is 14.9. The van der Waals surface area contributed by atoms with Crippen molar-refractivity contribution >= 4 is 46.6 Å². The fourth-order valence-corrected chi connectivity index (χ4v) is 3.24. The van der Waals surface area contributed by atoms with Gasteiger partial charge < -0.3 is 19.2 Å². The van der Waals surface area contributed by atoms with Crippen LogP contribution in [0.1, 0.15) is 0 Å². The van der Waals surface area contributed by atoms with E-state index in [1.54, 1.807) is 50.6 Å². The fraction of sp³-hybridized carbons (Fsp3) is 0.167. The molecule has 0 unspecified atom stereocenters.